The van der Waals surface area contributed by atoms with E-state index in [-0.39, 0.29) is 35.9 Å². The molecule has 80 valence electrons. The van der Waals surface area contributed by atoms with Crippen LogP contribution < -0.4 is 0 Å². The molecule has 6 atom stereocenters. The van der Waals surface area contributed by atoms with E-state index in [4.69, 9.17) is 4.74 Å². The normalized spacial score (nSPS) is 55.7. The summed E-state index contributed by atoms with van der Waals surface area (Å²) in [5, 5.41) is 0. The van der Waals surface area contributed by atoms with E-state index in [1.54, 1.807) is 7.05 Å². The topological polar surface area (TPSA) is 46.6 Å². The van der Waals surface area contributed by atoms with E-state index in [1.807, 2.05) is 0 Å². The van der Waals surface area contributed by atoms with Crippen LogP contribution in [0.4, 0.5) is 0 Å². The maximum absolute atomic E-state index is 11.9. The Morgan fingerprint density at radius 2 is 1.53 bits per heavy atom. The van der Waals surface area contributed by atoms with Crippen LogP contribution in [0.2, 0.25) is 0 Å². The lowest BCUT2D eigenvalue weighted by atomic mass is 9.60. The number of carbonyl (C=O) groups is 2. The first-order valence-corrected chi connectivity index (χ1v) is 5.67. The van der Waals surface area contributed by atoms with E-state index in [0.29, 0.717) is 11.8 Å². The maximum atomic E-state index is 11.9. The van der Waals surface area contributed by atoms with Crippen LogP contribution in [-0.4, -0.2) is 36.0 Å². The van der Waals surface area contributed by atoms with Crippen molar-refractivity contribution in [2.45, 2.75) is 25.0 Å². The molecule has 1 saturated carbocycles. The Hall–Kier alpha value is -0.900. The second-order valence-corrected chi connectivity index (χ2v) is 5.26. The molecule has 4 rings (SSSR count). The Morgan fingerprint density at radius 3 is 1.93 bits per heavy atom. The van der Waals surface area contributed by atoms with Gasteiger partial charge in [0.15, 0.2) is 0 Å². The molecule has 4 heteroatoms. The van der Waals surface area contributed by atoms with E-state index in [2.05, 4.69) is 0 Å². The quantitative estimate of drug-likeness (QED) is 0.526. The zero-order chi connectivity index (χ0) is 10.3. The Morgan fingerprint density at radius 1 is 1.07 bits per heavy atom. The van der Waals surface area contributed by atoms with E-state index in [0.717, 1.165) is 0 Å². The molecule has 15 heavy (non-hydrogen) atoms. The molecule has 0 radical (unpaired) electrons. The van der Waals surface area contributed by atoms with E-state index >= 15 is 0 Å². The first kappa shape index (κ1) is 8.28. The number of amides is 2. The summed E-state index contributed by atoms with van der Waals surface area (Å²) >= 11 is 0. The highest BCUT2D eigenvalue weighted by atomic mass is 16.5. The fraction of sp³-hybridized carbons (Fsp3) is 0.818. The summed E-state index contributed by atoms with van der Waals surface area (Å²) in [5.74, 6) is 0.827. The summed E-state index contributed by atoms with van der Waals surface area (Å²) in [4.78, 5) is 25.1. The number of ether oxygens (including phenoxy) is 1. The molecule has 4 aliphatic rings. The van der Waals surface area contributed by atoms with Crippen molar-refractivity contribution < 1.29 is 14.3 Å². The standard InChI is InChI=1S/C11H13NO3/c1-12-10(13)6-7(11(12)14)9-5-3-2-4(5)8(6)15-9/h4-9H,2-3H2,1H3/t4?,5?,6-,7+,8+,9-. The number of imide groups is 1. The highest BCUT2D eigenvalue weighted by molar-refractivity contribution is 6.06. The summed E-state index contributed by atoms with van der Waals surface area (Å²) in [6.45, 7) is 0. The number of carbonyl (C=O) groups excluding carboxylic acids is 2. The third kappa shape index (κ3) is 0.698. The highest BCUT2D eigenvalue weighted by Gasteiger charge is 2.69. The average Bonchev–Trinajstić information content (AvgIpc) is 2.69. The van der Waals surface area contributed by atoms with Gasteiger partial charge in [-0.05, 0) is 24.7 Å². The molecule has 4 nitrogen and oxygen atoms in total. The van der Waals surface area contributed by atoms with Crippen LogP contribution in [0.5, 0.6) is 0 Å². The zero-order valence-electron chi connectivity index (χ0n) is 8.55. The van der Waals surface area contributed by atoms with Gasteiger partial charge in [0.05, 0.1) is 24.0 Å². The van der Waals surface area contributed by atoms with Gasteiger partial charge in [-0.3, -0.25) is 14.5 Å². The summed E-state index contributed by atoms with van der Waals surface area (Å²) in [6.07, 6.45) is 2.47. The molecule has 0 N–H and O–H groups in total. The third-order valence-corrected chi connectivity index (χ3v) is 4.87. The summed E-state index contributed by atoms with van der Waals surface area (Å²) < 4.78 is 5.85. The number of hydrogen-bond acceptors (Lipinski definition) is 3. The van der Waals surface area contributed by atoms with Crippen molar-refractivity contribution in [1.29, 1.82) is 0 Å². The van der Waals surface area contributed by atoms with Crippen LogP contribution in [0.25, 0.3) is 0 Å². The first-order valence-electron chi connectivity index (χ1n) is 5.67. The SMILES string of the molecule is CN1C(=O)[C@@H]2[C@H](C1=O)[C@@H]1O[C@H]2C2CCC21. The van der Waals surface area contributed by atoms with Gasteiger partial charge in [-0.1, -0.05) is 0 Å². The second-order valence-electron chi connectivity index (χ2n) is 5.26. The first-order chi connectivity index (χ1) is 7.20. The number of rotatable bonds is 0. The zero-order valence-corrected chi connectivity index (χ0v) is 8.55. The minimum Gasteiger partial charge on any atom is -0.373 e. The lowest BCUT2D eigenvalue weighted by molar-refractivity contribution is -0.141. The van der Waals surface area contributed by atoms with Gasteiger partial charge in [-0.25, -0.2) is 0 Å². The van der Waals surface area contributed by atoms with Crippen molar-refractivity contribution in [3.8, 4) is 0 Å². The fourth-order valence-electron chi connectivity index (χ4n) is 4.01. The van der Waals surface area contributed by atoms with Crippen molar-refractivity contribution in [1.82, 2.24) is 4.90 Å². The van der Waals surface area contributed by atoms with Crippen LogP contribution in [0.15, 0.2) is 0 Å². The molecule has 2 unspecified atom stereocenters. The van der Waals surface area contributed by atoms with Gasteiger partial charge >= 0.3 is 0 Å². The molecule has 0 aromatic carbocycles. The van der Waals surface area contributed by atoms with Crippen molar-refractivity contribution in [3.05, 3.63) is 0 Å². The minimum absolute atomic E-state index is 0.0112. The van der Waals surface area contributed by atoms with Crippen LogP contribution in [-0.2, 0) is 14.3 Å². The van der Waals surface area contributed by atoms with Gasteiger partial charge < -0.3 is 4.74 Å². The smallest absolute Gasteiger partial charge is 0.235 e. The van der Waals surface area contributed by atoms with Crippen molar-refractivity contribution >= 4 is 11.8 Å². The van der Waals surface area contributed by atoms with Crippen LogP contribution in [0, 0.1) is 23.7 Å². The number of fused-ring (bicyclic) bond motifs is 8. The monoisotopic (exact) mass is 207 g/mol. The molecule has 3 aliphatic heterocycles. The average molecular weight is 207 g/mol. The van der Waals surface area contributed by atoms with Crippen molar-refractivity contribution in [3.63, 3.8) is 0 Å². The van der Waals surface area contributed by atoms with Crippen molar-refractivity contribution in [2.24, 2.45) is 23.7 Å². The van der Waals surface area contributed by atoms with Gasteiger partial charge in [-0.15, -0.1) is 0 Å². The molecule has 1 aliphatic carbocycles. The van der Waals surface area contributed by atoms with Gasteiger partial charge in [0.2, 0.25) is 11.8 Å². The Balaban J connectivity index is 1.79. The molecule has 0 aromatic rings. The molecular formula is C11H13NO3. The summed E-state index contributed by atoms with van der Waals surface area (Å²) in [7, 11) is 1.60. The van der Waals surface area contributed by atoms with Crippen LogP contribution in [0.3, 0.4) is 0 Å². The van der Waals surface area contributed by atoms with Gasteiger partial charge in [0.25, 0.3) is 0 Å². The Bertz CT molecular complexity index is 346. The largest absolute Gasteiger partial charge is 0.373 e. The van der Waals surface area contributed by atoms with E-state index in [9.17, 15) is 9.59 Å². The predicted molar refractivity (Wildman–Crippen MR) is 49.6 cm³/mol. The van der Waals surface area contributed by atoms with E-state index < -0.39 is 0 Å². The van der Waals surface area contributed by atoms with Crippen LogP contribution >= 0.6 is 0 Å². The lowest BCUT2D eigenvalue weighted by Crippen LogP contribution is -2.46. The summed E-state index contributed by atoms with van der Waals surface area (Å²) in [6, 6.07) is 0. The Labute approximate surface area is 87.6 Å². The van der Waals surface area contributed by atoms with E-state index in [1.165, 1.54) is 17.7 Å². The molecule has 4 fully saturated rings. The van der Waals surface area contributed by atoms with Crippen molar-refractivity contribution in [2.75, 3.05) is 7.05 Å². The molecule has 0 spiro atoms. The molecular weight excluding hydrogens is 194 g/mol. The summed E-state index contributed by atoms with van der Waals surface area (Å²) in [5.41, 5.74) is 0. The lowest BCUT2D eigenvalue weighted by Gasteiger charge is -2.40. The predicted octanol–water partition coefficient (Wildman–Crippen LogP) is 0.0246. The number of likely N-dealkylation sites (tertiary alicyclic amines) is 1. The van der Waals surface area contributed by atoms with Crippen LogP contribution in [0.1, 0.15) is 12.8 Å². The molecule has 3 saturated heterocycles. The highest BCUT2D eigenvalue weighted by Crippen LogP contribution is 2.60. The number of hydrogen-bond donors (Lipinski definition) is 0. The molecule has 0 aromatic heterocycles. The third-order valence-electron chi connectivity index (χ3n) is 4.87. The fourth-order valence-corrected chi connectivity index (χ4v) is 4.01. The maximum Gasteiger partial charge on any atom is 0.235 e. The molecule has 2 amide bonds. The van der Waals surface area contributed by atoms with Gasteiger partial charge in [0, 0.05) is 7.05 Å². The Kier molecular flexibility index (Phi) is 1.25. The molecule has 3 heterocycles. The van der Waals surface area contributed by atoms with Gasteiger partial charge in [0.1, 0.15) is 0 Å². The minimum atomic E-state index is -0.144. The number of nitrogens with zero attached hydrogens (tertiary/aromatic N) is 1. The molecule has 2 bridgehead atoms. The second kappa shape index (κ2) is 2.26. The van der Waals surface area contributed by atoms with Gasteiger partial charge in [-0.2, -0.15) is 0 Å².